The predicted molar refractivity (Wildman–Crippen MR) is 73.5 cm³/mol. The monoisotopic (exact) mass is 257 g/mol. The van der Waals surface area contributed by atoms with Gasteiger partial charge >= 0.3 is 0 Å². The van der Waals surface area contributed by atoms with Gasteiger partial charge in [0, 0.05) is 6.54 Å². The molecule has 0 saturated carbocycles. The van der Waals surface area contributed by atoms with Gasteiger partial charge in [-0.05, 0) is 25.8 Å². The summed E-state index contributed by atoms with van der Waals surface area (Å²) in [5.74, 6) is 0. The first-order valence-electron chi connectivity index (χ1n) is 6.69. The van der Waals surface area contributed by atoms with Crippen LogP contribution >= 0.6 is 11.6 Å². The van der Waals surface area contributed by atoms with E-state index in [9.17, 15) is 0 Å². The van der Waals surface area contributed by atoms with Gasteiger partial charge in [-0.1, -0.05) is 38.8 Å². The molecule has 1 aromatic heterocycles. The van der Waals surface area contributed by atoms with Crippen LogP contribution in [-0.2, 0) is 6.54 Å². The first-order valence-corrected chi connectivity index (χ1v) is 7.06. The second-order valence-electron chi connectivity index (χ2n) is 4.40. The molecule has 4 heteroatoms. The normalized spacial score (nSPS) is 12.9. The van der Waals surface area contributed by atoms with Crippen LogP contribution in [0.5, 0.6) is 0 Å². The molecule has 0 saturated heterocycles. The topological polar surface area (TPSA) is 29.9 Å². The summed E-state index contributed by atoms with van der Waals surface area (Å²) >= 11 is 6.27. The number of nitrogens with one attached hydrogen (secondary N) is 1. The first-order chi connectivity index (χ1) is 8.24. The maximum atomic E-state index is 6.27. The van der Waals surface area contributed by atoms with E-state index in [0.29, 0.717) is 6.04 Å². The minimum absolute atomic E-state index is 0.335. The van der Waals surface area contributed by atoms with Crippen molar-refractivity contribution >= 4 is 11.6 Å². The zero-order chi connectivity index (χ0) is 12.7. The van der Waals surface area contributed by atoms with Gasteiger partial charge in [0.25, 0.3) is 0 Å². The molecule has 1 unspecified atom stereocenters. The molecule has 3 nitrogen and oxygen atoms in total. The number of rotatable bonds is 8. The van der Waals surface area contributed by atoms with Gasteiger partial charge in [0.2, 0.25) is 0 Å². The number of hydrogen-bond acceptors (Lipinski definition) is 2. The van der Waals surface area contributed by atoms with Gasteiger partial charge in [0.05, 0.1) is 23.0 Å². The summed E-state index contributed by atoms with van der Waals surface area (Å²) < 4.78 is 2.05. The quantitative estimate of drug-likeness (QED) is 0.768. The van der Waals surface area contributed by atoms with Crippen molar-refractivity contribution in [1.29, 1.82) is 0 Å². The molecule has 17 heavy (non-hydrogen) atoms. The molecule has 1 heterocycles. The molecule has 0 bridgehead atoms. The standard InChI is InChI=1S/C13H24ClN3/c1-4-7-12(15-8-5-2)13-11(14)10-16-17(13)9-6-3/h10,12,15H,4-9H2,1-3H3. The Kier molecular flexibility index (Phi) is 6.60. The van der Waals surface area contributed by atoms with E-state index in [-0.39, 0.29) is 0 Å². The van der Waals surface area contributed by atoms with Crippen LogP contribution in [0.2, 0.25) is 5.02 Å². The Hall–Kier alpha value is -0.540. The molecule has 0 aromatic carbocycles. The van der Waals surface area contributed by atoms with Gasteiger partial charge in [-0.15, -0.1) is 0 Å². The maximum Gasteiger partial charge on any atom is 0.0834 e. The Balaban J connectivity index is 2.86. The van der Waals surface area contributed by atoms with Crippen LogP contribution in [0.1, 0.15) is 58.2 Å². The lowest BCUT2D eigenvalue weighted by atomic mass is 10.1. The molecule has 0 aliphatic rings. The van der Waals surface area contributed by atoms with Gasteiger partial charge in [0.1, 0.15) is 0 Å². The second kappa shape index (κ2) is 7.72. The van der Waals surface area contributed by atoms with Crippen molar-refractivity contribution in [2.75, 3.05) is 6.54 Å². The molecule has 0 spiro atoms. The summed E-state index contributed by atoms with van der Waals surface area (Å²) in [6.07, 6.45) is 6.24. The number of nitrogens with zero attached hydrogens (tertiary/aromatic N) is 2. The molecule has 1 atom stereocenters. The fourth-order valence-corrected chi connectivity index (χ4v) is 2.32. The van der Waals surface area contributed by atoms with E-state index in [4.69, 9.17) is 11.6 Å². The third-order valence-electron chi connectivity index (χ3n) is 2.82. The second-order valence-corrected chi connectivity index (χ2v) is 4.80. The average molecular weight is 258 g/mol. The Morgan fingerprint density at radius 1 is 1.29 bits per heavy atom. The molecule has 0 fully saturated rings. The van der Waals surface area contributed by atoms with Gasteiger partial charge in [0.15, 0.2) is 0 Å². The summed E-state index contributed by atoms with van der Waals surface area (Å²) in [6, 6.07) is 0.335. The Morgan fingerprint density at radius 3 is 2.65 bits per heavy atom. The van der Waals surface area contributed by atoms with Crippen molar-refractivity contribution in [3.8, 4) is 0 Å². The van der Waals surface area contributed by atoms with Crippen LogP contribution < -0.4 is 5.32 Å². The summed E-state index contributed by atoms with van der Waals surface area (Å²) in [6.45, 7) is 8.51. The summed E-state index contributed by atoms with van der Waals surface area (Å²) in [5, 5.41) is 8.72. The smallest absolute Gasteiger partial charge is 0.0834 e. The first kappa shape index (κ1) is 14.5. The predicted octanol–water partition coefficient (Wildman–Crippen LogP) is 3.79. The molecular weight excluding hydrogens is 234 g/mol. The van der Waals surface area contributed by atoms with Crippen molar-refractivity contribution in [2.24, 2.45) is 0 Å². The van der Waals surface area contributed by atoms with E-state index in [1.165, 1.54) is 0 Å². The van der Waals surface area contributed by atoms with Crippen LogP contribution in [0.3, 0.4) is 0 Å². The van der Waals surface area contributed by atoms with E-state index in [0.717, 1.165) is 49.5 Å². The van der Waals surface area contributed by atoms with Crippen LogP contribution in [0.25, 0.3) is 0 Å². The molecule has 0 aliphatic carbocycles. The van der Waals surface area contributed by atoms with E-state index in [2.05, 4.69) is 31.2 Å². The molecule has 1 N–H and O–H groups in total. The minimum atomic E-state index is 0.335. The average Bonchev–Trinajstić information content (AvgIpc) is 2.67. The zero-order valence-corrected chi connectivity index (χ0v) is 11.9. The Morgan fingerprint density at radius 2 is 2.06 bits per heavy atom. The SMILES string of the molecule is CCCNC(CCC)c1c(Cl)cnn1CCC. The largest absolute Gasteiger partial charge is 0.309 e. The molecule has 0 amide bonds. The third-order valence-corrected chi connectivity index (χ3v) is 3.11. The lowest BCUT2D eigenvalue weighted by Crippen LogP contribution is -2.25. The third kappa shape index (κ3) is 4.00. The van der Waals surface area contributed by atoms with E-state index >= 15 is 0 Å². The fraction of sp³-hybridized carbons (Fsp3) is 0.769. The van der Waals surface area contributed by atoms with Gasteiger partial charge < -0.3 is 5.32 Å². The van der Waals surface area contributed by atoms with Crippen LogP contribution in [-0.4, -0.2) is 16.3 Å². The summed E-state index contributed by atoms with van der Waals surface area (Å²) in [4.78, 5) is 0. The Labute approximate surface area is 110 Å². The van der Waals surface area contributed by atoms with Crippen molar-refractivity contribution in [1.82, 2.24) is 15.1 Å². The minimum Gasteiger partial charge on any atom is -0.309 e. The van der Waals surface area contributed by atoms with Crippen LogP contribution in [0, 0.1) is 0 Å². The van der Waals surface area contributed by atoms with E-state index in [1.807, 2.05) is 4.68 Å². The number of aryl methyl sites for hydroxylation is 1. The van der Waals surface area contributed by atoms with Gasteiger partial charge in [-0.25, -0.2) is 0 Å². The van der Waals surface area contributed by atoms with Crippen LogP contribution in [0.15, 0.2) is 6.20 Å². The lowest BCUT2D eigenvalue weighted by Gasteiger charge is -2.20. The van der Waals surface area contributed by atoms with E-state index in [1.54, 1.807) is 6.20 Å². The Bertz CT molecular complexity index is 322. The number of halogens is 1. The number of aromatic nitrogens is 2. The highest BCUT2D eigenvalue weighted by Crippen LogP contribution is 2.26. The summed E-state index contributed by atoms with van der Waals surface area (Å²) in [5.41, 5.74) is 1.16. The lowest BCUT2D eigenvalue weighted by molar-refractivity contribution is 0.445. The molecule has 1 aromatic rings. The van der Waals surface area contributed by atoms with Crippen molar-refractivity contribution < 1.29 is 0 Å². The van der Waals surface area contributed by atoms with Crippen LogP contribution in [0.4, 0.5) is 0 Å². The van der Waals surface area contributed by atoms with Crippen molar-refractivity contribution in [2.45, 2.75) is 59.0 Å². The van der Waals surface area contributed by atoms with Gasteiger partial charge in [-0.3, -0.25) is 4.68 Å². The molecule has 98 valence electrons. The van der Waals surface area contributed by atoms with Gasteiger partial charge in [-0.2, -0.15) is 5.10 Å². The molecular formula is C13H24ClN3. The number of hydrogen-bond donors (Lipinski definition) is 1. The zero-order valence-electron chi connectivity index (χ0n) is 11.2. The molecule has 0 aliphatic heterocycles. The molecule has 1 rings (SSSR count). The highest BCUT2D eigenvalue weighted by atomic mass is 35.5. The highest BCUT2D eigenvalue weighted by molar-refractivity contribution is 6.31. The van der Waals surface area contributed by atoms with Crippen molar-refractivity contribution in [3.05, 3.63) is 16.9 Å². The fourth-order valence-electron chi connectivity index (χ4n) is 2.05. The van der Waals surface area contributed by atoms with Crippen molar-refractivity contribution in [3.63, 3.8) is 0 Å². The van der Waals surface area contributed by atoms with E-state index < -0.39 is 0 Å². The molecule has 0 radical (unpaired) electrons. The highest BCUT2D eigenvalue weighted by Gasteiger charge is 2.18. The summed E-state index contributed by atoms with van der Waals surface area (Å²) in [7, 11) is 0. The maximum absolute atomic E-state index is 6.27.